The lowest BCUT2D eigenvalue weighted by atomic mass is 9.88. The molecule has 0 radical (unpaired) electrons. The summed E-state index contributed by atoms with van der Waals surface area (Å²) in [6.07, 6.45) is 6.43. The molecule has 1 aliphatic carbocycles. The molecule has 6 nitrogen and oxygen atoms in total. The van der Waals surface area contributed by atoms with Crippen LogP contribution in [0.3, 0.4) is 0 Å². The van der Waals surface area contributed by atoms with Crippen molar-refractivity contribution in [2.75, 3.05) is 17.7 Å². The van der Waals surface area contributed by atoms with Crippen molar-refractivity contribution < 1.29 is 17.9 Å². The Morgan fingerprint density at radius 2 is 1.84 bits per heavy atom. The molecule has 0 aliphatic heterocycles. The second-order valence-corrected chi connectivity index (χ2v) is 10.0. The molecule has 0 fully saturated rings. The van der Waals surface area contributed by atoms with E-state index in [1.165, 1.54) is 31.1 Å². The number of sulfonamides is 1. The molecule has 1 amide bonds. The van der Waals surface area contributed by atoms with Crippen molar-refractivity contribution >= 4 is 21.6 Å². The smallest absolute Gasteiger partial charge is 0.244 e. The van der Waals surface area contributed by atoms with Crippen molar-refractivity contribution in [3.8, 4) is 5.75 Å². The number of hydrogen-bond donors (Lipinski definition) is 1. The summed E-state index contributed by atoms with van der Waals surface area (Å²) in [7, 11) is -2.17. The van der Waals surface area contributed by atoms with E-state index in [-0.39, 0.29) is 11.9 Å². The van der Waals surface area contributed by atoms with Crippen molar-refractivity contribution in [3.05, 3.63) is 59.2 Å². The number of methoxy groups -OCH3 is 1. The lowest BCUT2D eigenvalue weighted by molar-refractivity contribution is -0.122. The average Bonchev–Trinajstić information content (AvgIpc) is 2.76. The molecule has 1 N–H and O–H groups in total. The Balaban J connectivity index is 1.83. The molecule has 168 valence electrons. The highest BCUT2D eigenvalue weighted by Crippen LogP contribution is 2.28. The summed E-state index contributed by atoms with van der Waals surface area (Å²) >= 11 is 0. The second kappa shape index (κ2) is 9.73. The highest BCUT2D eigenvalue weighted by molar-refractivity contribution is 7.92. The number of aryl methyl sites for hydroxylation is 2. The van der Waals surface area contributed by atoms with Crippen LogP contribution in [0.5, 0.6) is 5.75 Å². The fourth-order valence-electron chi connectivity index (χ4n) is 4.24. The first-order chi connectivity index (χ1) is 14.7. The molecule has 2 aromatic rings. The van der Waals surface area contributed by atoms with Crippen LogP contribution in [0.4, 0.5) is 5.69 Å². The number of amides is 1. The van der Waals surface area contributed by atoms with Gasteiger partial charge in [0.1, 0.15) is 11.8 Å². The summed E-state index contributed by atoms with van der Waals surface area (Å²) in [5.74, 6) is 0.192. The second-order valence-electron chi connectivity index (χ2n) is 8.14. The molecular weight excluding hydrogens is 412 g/mol. The summed E-state index contributed by atoms with van der Waals surface area (Å²) in [6, 6.07) is 12.1. The van der Waals surface area contributed by atoms with E-state index in [1.54, 1.807) is 31.2 Å². The predicted octanol–water partition coefficient (Wildman–Crippen LogP) is 4.00. The Kier molecular flexibility index (Phi) is 7.26. The SMILES string of the molecule is CC[C@@H](NC(=O)[C@H](C)N(c1cccc(OC)c1)S(C)(=O)=O)c1ccc2c(c1)CCCC2. The number of carbonyl (C=O) groups is 1. The third-order valence-corrected chi connectivity index (χ3v) is 7.14. The summed E-state index contributed by atoms with van der Waals surface area (Å²) in [5, 5.41) is 3.06. The number of benzene rings is 2. The minimum atomic E-state index is -3.69. The summed E-state index contributed by atoms with van der Waals surface area (Å²) < 4.78 is 31.5. The molecule has 1 aliphatic rings. The molecule has 0 heterocycles. The molecular formula is C24H32N2O4S. The maximum absolute atomic E-state index is 13.1. The first kappa shape index (κ1) is 23.1. The van der Waals surface area contributed by atoms with E-state index in [2.05, 4.69) is 23.5 Å². The monoisotopic (exact) mass is 444 g/mol. The van der Waals surface area contributed by atoms with Crippen LogP contribution in [0.15, 0.2) is 42.5 Å². The van der Waals surface area contributed by atoms with Crippen molar-refractivity contribution in [2.45, 2.75) is 58.0 Å². The fourth-order valence-corrected chi connectivity index (χ4v) is 5.41. The zero-order valence-electron chi connectivity index (χ0n) is 18.7. The van der Waals surface area contributed by atoms with Gasteiger partial charge in [0.15, 0.2) is 0 Å². The first-order valence-electron chi connectivity index (χ1n) is 10.8. The van der Waals surface area contributed by atoms with Gasteiger partial charge in [-0.1, -0.05) is 31.2 Å². The van der Waals surface area contributed by atoms with Crippen LogP contribution in [0.1, 0.15) is 55.8 Å². The van der Waals surface area contributed by atoms with Gasteiger partial charge in [-0.05, 0) is 67.9 Å². The molecule has 2 aromatic carbocycles. The van der Waals surface area contributed by atoms with E-state index >= 15 is 0 Å². The van der Waals surface area contributed by atoms with Gasteiger partial charge >= 0.3 is 0 Å². The number of ether oxygens (including phenoxy) is 1. The number of carbonyl (C=O) groups excluding carboxylic acids is 1. The normalized spacial score (nSPS) is 15.5. The van der Waals surface area contributed by atoms with Crippen LogP contribution in [0.25, 0.3) is 0 Å². The summed E-state index contributed by atoms with van der Waals surface area (Å²) in [4.78, 5) is 13.1. The van der Waals surface area contributed by atoms with E-state index in [0.717, 1.165) is 35.4 Å². The summed E-state index contributed by atoms with van der Waals surface area (Å²) in [6.45, 7) is 3.63. The van der Waals surface area contributed by atoms with Gasteiger partial charge in [-0.25, -0.2) is 8.42 Å². The first-order valence-corrected chi connectivity index (χ1v) is 12.6. The topological polar surface area (TPSA) is 75.7 Å². The van der Waals surface area contributed by atoms with E-state index in [9.17, 15) is 13.2 Å². The van der Waals surface area contributed by atoms with Gasteiger partial charge in [0, 0.05) is 6.07 Å². The van der Waals surface area contributed by atoms with Crippen LogP contribution in [0.2, 0.25) is 0 Å². The molecule has 0 spiro atoms. The highest BCUT2D eigenvalue weighted by atomic mass is 32.2. The Morgan fingerprint density at radius 1 is 1.13 bits per heavy atom. The Morgan fingerprint density at radius 3 is 2.48 bits per heavy atom. The van der Waals surface area contributed by atoms with Gasteiger partial charge in [-0.2, -0.15) is 0 Å². The molecule has 31 heavy (non-hydrogen) atoms. The number of rotatable bonds is 8. The van der Waals surface area contributed by atoms with Gasteiger partial charge in [0.2, 0.25) is 15.9 Å². The van der Waals surface area contributed by atoms with Crippen molar-refractivity contribution in [1.82, 2.24) is 5.32 Å². The third kappa shape index (κ3) is 5.39. The number of fused-ring (bicyclic) bond motifs is 1. The van der Waals surface area contributed by atoms with E-state index in [4.69, 9.17) is 4.74 Å². The van der Waals surface area contributed by atoms with Gasteiger partial charge in [-0.15, -0.1) is 0 Å². The number of nitrogens with one attached hydrogen (secondary N) is 1. The lowest BCUT2D eigenvalue weighted by Crippen LogP contribution is -2.48. The Bertz CT molecular complexity index is 1040. The van der Waals surface area contributed by atoms with Gasteiger partial charge < -0.3 is 10.1 Å². The zero-order chi connectivity index (χ0) is 22.6. The van der Waals surface area contributed by atoms with Crippen molar-refractivity contribution in [1.29, 1.82) is 0 Å². The maximum atomic E-state index is 13.1. The van der Waals surface area contributed by atoms with Crippen LogP contribution in [-0.2, 0) is 27.7 Å². The van der Waals surface area contributed by atoms with E-state index < -0.39 is 16.1 Å². The maximum Gasteiger partial charge on any atom is 0.244 e. The third-order valence-electron chi connectivity index (χ3n) is 5.90. The van der Waals surface area contributed by atoms with Crippen LogP contribution < -0.4 is 14.4 Å². The minimum absolute atomic E-state index is 0.172. The van der Waals surface area contributed by atoms with Crippen LogP contribution in [-0.4, -0.2) is 33.7 Å². The van der Waals surface area contributed by atoms with Crippen LogP contribution >= 0.6 is 0 Å². The molecule has 3 rings (SSSR count). The Hall–Kier alpha value is -2.54. The largest absolute Gasteiger partial charge is 0.497 e. The number of anilines is 1. The number of hydrogen-bond acceptors (Lipinski definition) is 4. The van der Waals surface area contributed by atoms with Crippen molar-refractivity contribution in [3.63, 3.8) is 0 Å². The molecule has 0 bridgehead atoms. The van der Waals surface area contributed by atoms with Crippen LogP contribution in [0, 0.1) is 0 Å². The summed E-state index contributed by atoms with van der Waals surface area (Å²) in [5.41, 5.74) is 4.21. The molecule has 2 atom stereocenters. The fraction of sp³-hybridized carbons (Fsp3) is 0.458. The molecule has 7 heteroatoms. The van der Waals surface area contributed by atoms with Crippen molar-refractivity contribution in [2.24, 2.45) is 0 Å². The molecule has 0 aromatic heterocycles. The lowest BCUT2D eigenvalue weighted by Gasteiger charge is -2.30. The molecule has 0 saturated heterocycles. The van der Waals surface area contributed by atoms with E-state index in [1.807, 2.05) is 6.92 Å². The quantitative estimate of drug-likeness (QED) is 0.668. The standard InChI is InChI=1S/C24H32N2O4S/c1-5-23(20-14-13-18-9-6-7-10-19(18)15-20)25-24(27)17(2)26(31(4,28)29)21-11-8-12-22(16-21)30-3/h8,11-17,23H,5-7,9-10H2,1-4H3,(H,25,27)/t17-,23+/m0/s1. The average molecular weight is 445 g/mol. The minimum Gasteiger partial charge on any atom is -0.497 e. The van der Waals surface area contributed by atoms with Gasteiger partial charge in [0.25, 0.3) is 0 Å². The number of nitrogens with zero attached hydrogens (tertiary/aromatic N) is 1. The predicted molar refractivity (Wildman–Crippen MR) is 124 cm³/mol. The molecule has 0 unspecified atom stereocenters. The zero-order valence-corrected chi connectivity index (χ0v) is 19.5. The Labute approximate surface area is 185 Å². The highest BCUT2D eigenvalue weighted by Gasteiger charge is 2.30. The van der Waals surface area contributed by atoms with Gasteiger partial charge in [-0.3, -0.25) is 9.10 Å². The van der Waals surface area contributed by atoms with Gasteiger partial charge in [0.05, 0.1) is 25.1 Å². The molecule has 0 saturated carbocycles. The van der Waals surface area contributed by atoms with E-state index in [0.29, 0.717) is 11.4 Å².